The highest BCUT2D eigenvalue weighted by Crippen LogP contribution is 2.09. The fourth-order valence-electron chi connectivity index (χ4n) is 0.879. The first kappa shape index (κ1) is 15.4. The Labute approximate surface area is 101 Å². The Morgan fingerprint density at radius 2 is 1.94 bits per heavy atom. The van der Waals surface area contributed by atoms with Crippen molar-refractivity contribution in [2.45, 2.75) is 53.2 Å². The van der Waals surface area contributed by atoms with E-state index in [1.54, 1.807) is 27.7 Å². The zero-order valence-corrected chi connectivity index (χ0v) is 11.2. The van der Waals surface area contributed by atoms with Gasteiger partial charge in [-0.15, -0.1) is 4.99 Å². The van der Waals surface area contributed by atoms with Crippen LogP contribution in [0, 0.1) is 0 Å². The third-order valence-corrected chi connectivity index (χ3v) is 1.47. The van der Waals surface area contributed by atoms with Crippen LogP contribution in [0.2, 0.25) is 0 Å². The van der Waals surface area contributed by atoms with Gasteiger partial charge in [-0.3, -0.25) is 10.1 Å². The molecular formula is C11H20N2O4. The minimum absolute atomic E-state index is 0.109. The number of aliphatic imine (C=N–C) groups is 1. The first-order valence-electron chi connectivity index (χ1n) is 5.57. The number of hydrogen-bond acceptors (Lipinski definition) is 4. The normalized spacial score (nSPS) is 21.2. The highest BCUT2D eigenvalue weighted by Gasteiger charge is 2.28. The summed E-state index contributed by atoms with van der Waals surface area (Å²) in [7, 11) is 0. The second-order valence-electron chi connectivity index (χ2n) is 4.15. The van der Waals surface area contributed by atoms with Crippen molar-refractivity contribution < 1.29 is 19.1 Å². The van der Waals surface area contributed by atoms with Gasteiger partial charge in [-0.25, -0.2) is 4.79 Å². The summed E-state index contributed by atoms with van der Waals surface area (Å²) < 4.78 is 9.86. The summed E-state index contributed by atoms with van der Waals surface area (Å²) in [6.07, 6.45) is -1.40. The lowest BCUT2D eigenvalue weighted by atomic mass is 10.2. The molecule has 6 heteroatoms. The van der Waals surface area contributed by atoms with Gasteiger partial charge in [-0.2, -0.15) is 0 Å². The van der Waals surface area contributed by atoms with E-state index in [4.69, 9.17) is 9.47 Å². The molecule has 0 aliphatic carbocycles. The molecule has 0 spiro atoms. The minimum atomic E-state index is -0.785. The lowest BCUT2D eigenvalue weighted by molar-refractivity contribution is -0.122. The maximum atomic E-state index is 11.2. The van der Waals surface area contributed by atoms with Crippen molar-refractivity contribution in [1.29, 1.82) is 0 Å². The zero-order chi connectivity index (χ0) is 13.6. The number of nitrogens with one attached hydrogen (secondary N) is 1. The van der Waals surface area contributed by atoms with Crippen LogP contribution in [0.3, 0.4) is 0 Å². The van der Waals surface area contributed by atoms with E-state index in [-0.39, 0.29) is 11.9 Å². The van der Waals surface area contributed by atoms with Gasteiger partial charge in [0.1, 0.15) is 5.60 Å². The first-order chi connectivity index (χ1) is 7.78. The summed E-state index contributed by atoms with van der Waals surface area (Å²) in [5, 5.41) is 2.31. The van der Waals surface area contributed by atoms with Crippen LogP contribution in [0.15, 0.2) is 4.99 Å². The van der Waals surface area contributed by atoms with Gasteiger partial charge in [0.15, 0.2) is 6.10 Å². The first-order valence-corrected chi connectivity index (χ1v) is 5.57. The third-order valence-electron chi connectivity index (χ3n) is 1.47. The van der Waals surface area contributed by atoms with Gasteiger partial charge in [0.05, 0.1) is 0 Å². The van der Waals surface area contributed by atoms with Crippen LogP contribution in [0.5, 0.6) is 0 Å². The lowest BCUT2D eigenvalue weighted by Crippen LogP contribution is -2.26. The minimum Gasteiger partial charge on any atom is -0.451 e. The van der Waals surface area contributed by atoms with Gasteiger partial charge in [0, 0.05) is 0 Å². The number of amidine groups is 1. The predicted octanol–water partition coefficient (Wildman–Crippen LogP) is 1.84. The summed E-state index contributed by atoms with van der Waals surface area (Å²) >= 11 is 0. The summed E-state index contributed by atoms with van der Waals surface area (Å²) in [5.41, 5.74) is -0.616. The van der Waals surface area contributed by atoms with E-state index >= 15 is 0 Å². The number of rotatable bonds is 0. The van der Waals surface area contributed by atoms with Crippen LogP contribution in [-0.4, -0.2) is 29.7 Å². The van der Waals surface area contributed by atoms with Crippen molar-refractivity contribution in [3.05, 3.63) is 0 Å². The highest BCUT2D eigenvalue weighted by atomic mass is 16.6. The van der Waals surface area contributed by atoms with Crippen LogP contribution >= 0.6 is 0 Å². The number of carbonyl (C=O) groups is 2. The highest BCUT2D eigenvalue weighted by molar-refractivity contribution is 6.04. The monoisotopic (exact) mass is 244 g/mol. The van der Waals surface area contributed by atoms with Crippen molar-refractivity contribution in [3.63, 3.8) is 0 Å². The SMILES string of the molecule is CC.CC1O/C(=N/C(=O)OC(C)(C)C)NC1=O. The van der Waals surface area contributed by atoms with Crippen molar-refractivity contribution in [2.75, 3.05) is 0 Å². The number of carbonyl (C=O) groups excluding carboxylic acids is 2. The lowest BCUT2D eigenvalue weighted by Gasteiger charge is -2.17. The molecule has 1 fully saturated rings. The van der Waals surface area contributed by atoms with Gasteiger partial charge < -0.3 is 9.47 Å². The summed E-state index contributed by atoms with van der Waals surface area (Å²) in [5.74, 6) is -0.322. The van der Waals surface area contributed by atoms with E-state index < -0.39 is 17.8 Å². The Morgan fingerprint density at radius 3 is 2.29 bits per heavy atom. The molecule has 1 saturated heterocycles. The Hall–Kier alpha value is -1.59. The maximum Gasteiger partial charge on any atom is 0.438 e. The quantitative estimate of drug-likeness (QED) is 0.705. The van der Waals surface area contributed by atoms with Crippen LogP contribution in [0.25, 0.3) is 0 Å². The molecule has 0 saturated carbocycles. The molecule has 1 aliphatic rings. The molecule has 1 rings (SSSR count). The van der Waals surface area contributed by atoms with E-state index in [0.29, 0.717) is 0 Å². The largest absolute Gasteiger partial charge is 0.451 e. The Balaban J connectivity index is 0.00000121. The molecule has 1 unspecified atom stereocenters. The van der Waals surface area contributed by atoms with E-state index in [2.05, 4.69) is 10.3 Å². The predicted molar refractivity (Wildman–Crippen MR) is 63.7 cm³/mol. The number of hydrogen-bond donors (Lipinski definition) is 1. The van der Waals surface area contributed by atoms with Crippen molar-refractivity contribution in [3.8, 4) is 0 Å². The van der Waals surface area contributed by atoms with E-state index in [0.717, 1.165) is 0 Å². The molecule has 1 N–H and O–H groups in total. The summed E-state index contributed by atoms with van der Waals surface area (Å²) in [6, 6.07) is -0.109. The molecule has 1 atom stereocenters. The number of nitrogens with zero attached hydrogens (tertiary/aromatic N) is 1. The summed E-state index contributed by atoms with van der Waals surface area (Å²) in [6.45, 7) is 10.7. The van der Waals surface area contributed by atoms with Crippen molar-refractivity contribution in [2.24, 2.45) is 4.99 Å². The second kappa shape index (κ2) is 6.22. The maximum absolute atomic E-state index is 11.2. The van der Waals surface area contributed by atoms with Crippen LogP contribution < -0.4 is 5.32 Å². The van der Waals surface area contributed by atoms with Crippen LogP contribution in [0.4, 0.5) is 4.79 Å². The van der Waals surface area contributed by atoms with Gasteiger partial charge >= 0.3 is 12.1 Å². The Kier molecular flexibility index (Phi) is 5.64. The van der Waals surface area contributed by atoms with Crippen molar-refractivity contribution >= 4 is 18.0 Å². The smallest absolute Gasteiger partial charge is 0.438 e. The second-order valence-corrected chi connectivity index (χ2v) is 4.15. The number of ether oxygens (including phenoxy) is 2. The van der Waals surface area contributed by atoms with Crippen LogP contribution in [0.1, 0.15) is 41.5 Å². The molecule has 0 radical (unpaired) electrons. The van der Waals surface area contributed by atoms with Gasteiger partial charge in [-0.05, 0) is 27.7 Å². The Bertz CT molecular complexity index is 318. The molecule has 1 heterocycles. The summed E-state index contributed by atoms with van der Waals surface area (Å²) in [4.78, 5) is 25.6. The molecule has 98 valence electrons. The zero-order valence-electron chi connectivity index (χ0n) is 11.2. The fourth-order valence-corrected chi connectivity index (χ4v) is 0.879. The molecule has 0 aromatic heterocycles. The molecule has 17 heavy (non-hydrogen) atoms. The molecule has 0 bridgehead atoms. The fraction of sp³-hybridized carbons (Fsp3) is 0.727. The molecule has 1 aliphatic heterocycles. The third kappa shape index (κ3) is 5.89. The van der Waals surface area contributed by atoms with Gasteiger partial charge in [0.25, 0.3) is 5.91 Å². The average molecular weight is 244 g/mol. The Morgan fingerprint density at radius 1 is 1.41 bits per heavy atom. The van der Waals surface area contributed by atoms with Gasteiger partial charge in [-0.1, -0.05) is 13.8 Å². The van der Waals surface area contributed by atoms with Crippen molar-refractivity contribution in [1.82, 2.24) is 5.32 Å². The van der Waals surface area contributed by atoms with E-state index in [1.165, 1.54) is 0 Å². The van der Waals surface area contributed by atoms with Gasteiger partial charge in [0.2, 0.25) is 0 Å². The molecule has 2 amide bonds. The standard InChI is InChI=1S/C9H14N2O4.C2H6/c1-5-6(12)10-7(14-5)11-8(13)15-9(2,3)4;1-2/h5H,1-4H3,(H,10,11,12,13);1-2H3. The average Bonchev–Trinajstić information content (AvgIpc) is 2.45. The molecule has 6 nitrogen and oxygen atoms in total. The number of amides is 2. The van der Waals surface area contributed by atoms with E-state index in [1.807, 2.05) is 13.8 Å². The van der Waals surface area contributed by atoms with Crippen LogP contribution in [-0.2, 0) is 14.3 Å². The molecule has 0 aromatic rings. The topological polar surface area (TPSA) is 77.0 Å². The van der Waals surface area contributed by atoms with E-state index in [9.17, 15) is 9.59 Å². The molecule has 0 aromatic carbocycles. The molecular weight excluding hydrogens is 224 g/mol.